The molecule has 184 valence electrons. The number of thioether (sulfide) groups is 2. The van der Waals surface area contributed by atoms with Gasteiger partial charge in [-0.3, -0.25) is 30.7 Å². The zero-order valence-electron chi connectivity index (χ0n) is 16.5. The summed E-state index contributed by atoms with van der Waals surface area (Å²) in [5, 5.41) is 29.2. The molecule has 0 aromatic rings. The summed E-state index contributed by atoms with van der Waals surface area (Å²) in [7, 11) is -11.5. The van der Waals surface area contributed by atoms with Crippen molar-refractivity contribution in [3.8, 4) is 0 Å². The normalized spacial score (nSPS) is 33.4. The van der Waals surface area contributed by atoms with E-state index in [0.717, 1.165) is 23.5 Å². The van der Waals surface area contributed by atoms with Crippen molar-refractivity contribution in [2.75, 3.05) is 23.0 Å². The van der Waals surface area contributed by atoms with Gasteiger partial charge in [-0.05, 0) is 37.4 Å². The van der Waals surface area contributed by atoms with Gasteiger partial charge in [0.1, 0.15) is 0 Å². The van der Waals surface area contributed by atoms with Gasteiger partial charge < -0.3 is 19.3 Å². The second-order valence-corrected chi connectivity index (χ2v) is 14.8. The fraction of sp³-hybridized carbons (Fsp3) is 0.833. The van der Waals surface area contributed by atoms with Gasteiger partial charge in [0, 0.05) is 10.4 Å². The topological polar surface area (TPSA) is 292 Å². The Morgan fingerprint density at radius 2 is 1.13 bits per heavy atom. The van der Waals surface area contributed by atoms with E-state index < -0.39 is 51.8 Å². The zero-order chi connectivity index (χ0) is 25.1. The summed E-state index contributed by atoms with van der Waals surface area (Å²) in [6.45, 7) is 2.97. The molecule has 19 heteroatoms. The van der Waals surface area contributed by atoms with Crippen molar-refractivity contribution < 1.29 is 55.4 Å². The molecule has 2 aliphatic heterocycles. The van der Waals surface area contributed by atoms with Gasteiger partial charge in [0.25, 0.3) is 10.3 Å². The molecule has 2 rings (SSSR count). The highest BCUT2D eigenvalue weighted by Gasteiger charge is 2.48. The number of rotatable bonds is 2. The summed E-state index contributed by atoms with van der Waals surface area (Å²) in [5.41, 5.74) is 8.01. The van der Waals surface area contributed by atoms with Gasteiger partial charge in [0.15, 0.2) is 19.7 Å². The highest BCUT2D eigenvalue weighted by atomic mass is 32.3. The van der Waals surface area contributed by atoms with Crippen molar-refractivity contribution in [3.05, 3.63) is 0 Å². The van der Waals surface area contributed by atoms with Crippen LogP contribution in [0.25, 0.3) is 0 Å². The van der Waals surface area contributed by atoms with Crippen LogP contribution in [0.1, 0.15) is 13.8 Å². The van der Waals surface area contributed by atoms with Crippen LogP contribution >= 0.6 is 23.5 Å². The van der Waals surface area contributed by atoms with Crippen LogP contribution in [0.4, 0.5) is 0 Å². The van der Waals surface area contributed by atoms with Gasteiger partial charge in [-0.1, -0.05) is 0 Å². The van der Waals surface area contributed by atoms with Crippen molar-refractivity contribution in [2.45, 2.75) is 35.5 Å². The highest BCUT2D eigenvalue weighted by molar-refractivity contribution is 8.15. The van der Waals surface area contributed by atoms with Crippen LogP contribution < -0.4 is 22.3 Å². The molecule has 10 N–H and O–H groups in total. The van der Waals surface area contributed by atoms with Crippen molar-refractivity contribution in [3.63, 3.8) is 0 Å². The molecule has 2 fully saturated rings. The largest absolute Gasteiger partial charge is 0.759 e. The predicted octanol–water partition coefficient (Wildman–Crippen LogP) is -6.66. The Morgan fingerprint density at radius 3 is 1.26 bits per heavy atom. The maximum absolute atomic E-state index is 11.2. The van der Waals surface area contributed by atoms with Crippen molar-refractivity contribution in [1.82, 2.24) is 0 Å². The van der Waals surface area contributed by atoms with E-state index >= 15 is 0 Å². The number of nitrogens with two attached hydrogens (primary N) is 4. The van der Waals surface area contributed by atoms with Crippen LogP contribution in [0, 0.1) is 0 Å². The minimum Gasteiger partial charge on any atom is -0.759 e. The lowest BCUT2D eigenvalue weighted by Crippen LogP contribution is -2.47. The molecule has 0 aliphatic carbocycles. The third-order valence-corrected chi connectivity index (χ3v) is 10.4. The van der Waals surface area contributed by atoms with Gasteiger partial charge in [0.2, 0.25) is 0 Å². The fourth-order valence-electron chi connectivity index (χ4n) is 2.66. The number of amidine groups is 2. The van der Waals surface area contributed by atoms with Gasteiger partial charge in [-0.2, -0.15) is 0 Å². The molecule has 2 aliphatic rings. The number of hydrogen-bond donors (Lipinski definition) is 6. The van der Waals surface area contributed by atoms with E-state index in [4.69, 9.17) is 39.8 Å². The summed E-state index contributed by atoms with van der Waals surface area (Å²) < 4.78 is 78.8. The Hall–Kier alpha value is -0.670. The second kappa shape index (κ2) is 10.5. The molecule has 4 atom stereocenters. The van der Waals surface area contributed by atoms with Crippen molar-refractivity contribution >= 4 is 63.9 Å². The molecular formula is C12H26N4O10S5. The molecule has 0 bridgehead atoms. The Balaban J connectivity index is 0.000000479. The smallest absolute Gasteiger partial charge is 0.300 e. The first-order chi connectivity index (χ1) is 13.5. The SMILES string of the molecule is CC1(O)CS(=O)(=O)CC1SC(N)=[NH2+].CC1(O)CS(=O)(=O)CC1SC(N)=[NH2+].O=S(=O)([O-])[O-]. The summed E-state index contributed by atoms with van der Waals surface area (Å²) in [5.74, 6) is -0.568. The summed E-state index contributed by atoms with van der Waals surface area (Å²) in [4.78, 5) is 0. The molecule has 0 aromatic carbocycles. The van der Waals surface area contributed by atoms with Crippen LogP contribution in [-0.4, -0.2) is 99.6 Å². The zero-order valence-corrected chi connectivity index (χ0v) is 20.6. The average molecular weight is 547 g/mol. The van der Waals surface area contributed by atoms with E-state index in [1.165, 1.54) is 13.8 Å². The first-order valence-electron chi connectivity index (χ1n) is 8.07. The molecule has 0 aromatic heterocycles. The van der Waals surface area contributed by atoms with Gasteiger partial charge >= 0.3 is 0 Å². The Morgan fingerprint density at radius 1 is 0.903 bits per heavy atom. The van der Waals surface area contributed by atoms with Crippen molar-refractivity contribution in [2.24, 2.45) is 11.5 Å². The van der Waals surface area contributed by atoms with Crippen molar-refractivity contribution in [1.29, 1.82) is 0 Å². The maximum Gasteiger partial charge on any atom is 0.300 e. The third kappa shape index (κ3) is 12.8. The second-order valence-electron chi connectivity index (χ2n) is 7.25. The number of sulfone groups is 2. The molecule has 0 radical (unpaired) electrons. The third-order valence-electron chi connectivity index (χ3n) is 3.78. The molecule has 0 spiro atoms. The lowest BCUT2D eigenvalue weighted by atomic mass is 10.1. The summed E-state index contributed by atoms with van der Waals surface area (Å²) in [6, 6.07) is 0. The Labute approximate surface area is 189 Å². The first-order valence-corrected chi connectivity index (χ1v) is 14.8. The van der Waals surface area contributed by atoms with Gasteiger partial charge in [0.05, 0.1) is 44.7 Å². The number of aliphatic hydroxyl groups is 2. The fourth-order valence-corrected chi connectivity index (χ4v) is 10.1. The quantitative estimate of drug-likeness (QED) is 0.0812. The Kier molecular flexibility index (Phi) is 10.3. The monoisotopic (exact) mass is 546 g/mol. The summed E-state index contributed by atoms with van der Waals surface area (Å²) >= 11 is 2.03. The molecular weight excluding hydrogens is 520 g/mol. The standard InChI is InChI=1S/2C6H12N2O3S2.H2O4S/c2*1-6(9)3-13(10,11)2-4(6)12-5(7)8;1-5(2,3)4/h2*4,9H,2-3H2,1H3,(H3,7,8);(H2,1,2,3,4). The molecule has 31 heavy (non-hydrogen) atoms. The molecule has 2 saturated heterocycles. The number of hydrogen-bond acceptors (Lipinski definition) is 12. The van der Waals surface area contributed by atoms with E-state index in [9.17, 15) is 27.0 Å². The van der Waals surface area contributed by atoms with E-state index in [2.05, 4.69) is 0 Å². The molecule has 2 heterocycles. The molecule has 4 unspecified atom stereocenters. The van der Waals surface area contributed by atoms with E-state index in [1.807, 2.05) is 0 Å². The van der Waals surface area contributed by atoms with Crippen LogP contribution in [0.3, 0.4) is 0 Å². The van der Waals surface area contributed by atoms with E-state index in [0.29, 0.717) is 0 Å². The van der Waals surface area contributed by atoms with Crippen LogP contribution in [0.2, 0.25) is 0 Å². The lowest BCUT2D eigenvalue weighted by Gasteiger charge is -2.20. The first kappa shape index (κ1) is 30.3. The average Bonchev–Trinajstić information content (AvgIpc) is 2.73. The van der Waals surface area contributed by atoms with Crippen LogP contribution in [0.15, 0.2) is 0 Å². The minimum absolute atomic E-state index is 0.0669. The molecule has 0 amide bonds. The molecule has 0 saturated carbocycles. The summed E-state index contributed by atoms with van der Waals surface area (Å²) in [6.07, 6.45) is 0. The van der Waals surface area contributed by atoms with E-state index in [-0.39, 0.29) is 33.3 Å². The molecule has 14 nitrogen and oxygen atoms in total. The van der Waals surface area contributed by atoms with Gasteiger partial charge in [-0.15, -0.1) is 0 Å². The highest BCUT2D eigenvalue weighted by Crippen LogP contribution is 2.33. The minimum atomic E-state index is -5.17. The van der Waals surface area contributed by atoms with Gasteiger partial charge in [-0.25, -0.2) is 16.8 Å². The van der Waals surface area contributed by atoms with Crippen LogP contribution in [-0.2, 0) is 30.1 Å². The van der Waals surface area contributed by atoms with E-state index in [1.54, 1.807) is 0 Å². The lowest BCUT2D eigenvalue weighted by molar-refractivity contribution is -0.110. The maximum atomic E-state index is 11.2. The Bertz CT molecular complexity index is 917. The predicted molar refractivity (Wildman–Crippen MR) is 114 cm³/mol. The van der Waals surface area contributed by atoms with Crippen LogP contribution in [0.5, 0.6) is 0 Å².